The highest BCUT2D eigenvalue weighted by Crippen LogP contribution is 2.22. The van der Waals surface area contributed by atoms with Gasteiger partial charge in [0.15, 0.2) is 0 Å². The molecule has 2 rings (SSSR count). The molecule has 0 saturated carbocycles. The summed E-state index contributed by atoms with van der Waals surface area (Å²) in [4.78, 5) is 16.6. The molecule has 1 fully saturated rings. The number of aryl methyl sites for hydroxylation is 1. The minimum absolute atomic E-state index is 0.0801. The van der Waals surface area contributed by atoms with Crippen molar-refractivity contribution in [3.8, 4) is 0 Å². The summed E-state index contributed by atoms with van der Waals surface area (Å²) in [7, 11) is 1.99. The smallest absolute Gasteiger partial charge is 0.290 e. The van der Waals surface area contributed by atoms with Gasteiger partial charge in [-0.15, -0.1) is 0 Å². The zero-order valence-electron chi connectivity index (χ0n) is 11.4. The Morgan fingerprint density at radius 3 is 3.00 bits per heavy atom. The number of hydrogen-bond donors (Lipinski definition) is 1. The molecule has 0 aromatic carbocycles. The quantitative estimate of drug-likeness (QED) is 0.662. The molecule has 0 radical (unpaired) electrons. The lowest BCUT2D eigenvalue weighted by atomic mass is 9.99. The van der Waals surface area contributed by atoms with Crippen molar-refractivity contribution in [3.63, 3.8) is 0 Å². The van der Waals surface area contributed by atoms with Gasteiger partial charge in [-0.25, -0.2) is 4.98 Å². The first-order valence-corrected chi connectivity index (χ1v) is 6.61. The summed E-state index contributed by atoms with van der Waals surface area (Å²) in [6.07, 6.45) is 3.79. The molecule has 2 heterocycles. The molecule has 0 spiro atoms. The van der Waals surface area contributed by atoms with Crippen LogP contribution in [0.25, 0.3) is 0 Å². The van der Waals surface area contributed by atoms with E-state index in [-0.39, 0.29) is 5.69 Å². The highest BCUT2D eigenvalue weighted by atomic mass is 16.6. The fourth-order valence-corrected chi connectivity index (χ4v) is 2.49. The molecule has 1 saturated heterocycles. The summed E-state index contributed by atoms with van der Waals surface area (Å²) < 4.78 is 0. The molecular formula is C13H20N4O2. The second kappa shape index (κ2) is 5.97. The van der Waals surface area contributed by atoms with E-state index in [4.69, 9.17) is 0 Å². The monoisotopic (exact) mass is 264 g/mol. The Kier molecular flexibility index (Phi) is 4.31. The van der Waals surface area contributed by atoms with E-state index in [9.17, 15) is 10.1 Å². The molecule has 1 atom stereocenters. The summed E-state index contributed by atoms with van der Waals surface area (Å²) in [5, 5.41) is 14.2. The molecule has 0 aliphatic carbocycles. The van der Waals surface area contributed by atoms with E-state index in [1.54, 1.807) is 13.0 Å². The average molecular weight is 264 g/mol. The van der Waals surface area contributed by atoms with Gasteiger partial charge in [-0.05, 0) is 44.8 Å². The van der Waals surface area contributed by atoms with Crippen LogP contribution in [-0.4, -0.2) is 36.6 Å². The topological polar surface area (TPSA) is 71.3 Å². The maximum Gasteiger partial charge on any atom is 0.290 e. The van der Waals surface area contributed by atoms with Crippen LogP contribution in [0.2, 0.25) is 0 Å². The van der Waals surface area contributed by atoms with Gasteiger partial charge in [0.2, 0.25) is 0 Å². The van der Waals surface area contributed by atoms with Crippen LogP contribution in [0.5, 0.6) is 0 Å². The van der Waals surface area contributed by atoms with Gasteiger partial charge in [0.1, 0.15) is 12.0 Å². The predicted octanol–water partition coefficient (Wildman–Crippen LogP) is 1.73. The van der Waals surface area contributed by atoms with Gasteiger partial charge in [-0.2, -0.15) is 0 Å². The third-order valence-electron chi connectivity index (χ3n) is 3.59. The highest BCUT2D eigenvalue weighted by Gasteiger charge is 2.17. The lowest BCUT2D eigenvalue weighted by molar-refractivity contribution is -0.385. The average Bonchev–Trinajstić information content (AvgIpc) is 2.39. The normalized spacial score (nSPS) is 19.2. The van der Waals surface area contributed by atoms with Crippen molar-refractivity contribution >= 4 is 11.5 Å². The van der Waals surface area contributed by atoms with Gasteiger partial charge in [0.25, 0.3) is 5.69 Å². The van der Waals surface area contributed by atoms with Gasteiger partial charge < -0.3 is 10.2 Å². The molecule has 1 aliphatic rings. The zero-order valence-corrected chi connectivity index (χ0v) is 11.4. The number of nitrogens with zero attached hydrogens (tertiary/aromatic N) is 3. The van der Waals surface area contributed by atoms with E-state index in [1.165, 1.54) is 19.0 Å². The van der Waals surface area contributed by atoms with Crippen LogP contribution in [0.4, 0.5) is 11.5 Å². The summed E-state index contributed by atoms with van der Waals surface area (Å²) in [6.45, 7) is 4.82. The number of hydrogen-bond acceptors (Lipinski definition) is 5. The molecular weight excluding hydrogens is 244 g/mol. The third kappa shape index (κ3) is 3.41. The zero-order chi connectivity index (χ0) is 13.8. The van der Waals surface area contributed by atoms with E-state index >= 15 is 0 Å². The molecule has 1 aromatic rings. The van der Waals surface area contributed by atoms with Crippen LogP contribution in [0.3, 0.4) is 0 Å². The van der Waals surface area contributed by atoms with E-state index < -0.39 is 4.92 Å². The first-order valence-electron chi connectivity index (χ1n) is 6.61. The standard InChI is InChI=1S/C13H20N4O2/c1-10-6-13(15-8-12(10)17(18)19)16(2)9-11-4-3-5-14-7-11/h6,8,11,14H,3-5,7,9H2,1-2H3. The number of anilines is 1. The van der Waals surface area contributed by atoms with Crippen molar-refractivity contribution in [2.75, 3.05) is 31.6 Å². The van der Waals surface area contributed by atoms with Gasteiger partial charge in [0, 0.05) is 19.2 Å². The highest BCUT2D eigenvalue weighted by molar-refractivity contribution is 5.48. The van der Waals surface area contributed by atoms with E-state index in [1.807, 2.05) is 7.05 Å². The third-order valence-corrected chi connectivity index (χ3v) is 3.59. The Bertz CT molecular complexity index is 458. The van der Waals surface area contributed by atoms with Crippen LogP contribution in [0.15, 0.2) is 12.3 Å². The number of piperidine rings is 1. The first-order chi connectivity index (χ1) is 9.08. The van der Waals surface area contributed by atoms with Gasteiger partial charge in [-0.3, -0.25) is 10.1 Å². The molecule has 0 bridgehead atoms. The molecule has 6 nitrogen and oxygen atoms in total. The number of pyridine rings is 1. The Balaban J connectivity index is 2.04. The number of rotatable bonds is 4. The first kappa shape index (κ1) is 13.7. The second-order valence-electron chi connectivity index (χ2n) is 5.18. The molecule has 1 unspecified atom stereocenters. The van der Waals surface area contributed by atoms with Crippen molar-refractivity contribution in [1.29, 1.82) is 0 Å². The van der Waals surface area contributed by atoms with E-state index in [0.717, 1.165) is 25.5 Å². The maximum atomic E-state index is 10.8. The Morgan fingerprint density at radius 2 is 2.42 bits per heavy atom. The van der Waals surface area contributed by atoms with Crippen LogP contribution in [-0.2, 0) is 0 Å². The van der Waals surface area contributed by atoms with Crippen molar-refractivity contribution in [2.45, 2.75) is 19.8 Å². The summed E-state index contributed by atoms with van der Waals surface area (Å²) in [5.74, 6) is 1.42. The maximum absolute atomic E-state index is 10.8. The number of nitro groups is 1. The van der Waals surface area contributed by atoms with Gasteiger partial charge >= 0.3 is 0 Å². The van der Waals surface area contributed by atoms with Crippen LogP contribution < -0.4 is 10.2 Å². The Hall–Kier alpha value is -1.69. The molecule has 19 heavy (non-hydrogen) atoms. The number of nitrogens with one attached hydrogen (secondary N) is 1. The van der Waals surface area contributed by atoms with Crippen molar-refractivity contribution < 1.29 is 4.92 Å². The molecule has 0 amide bonds. The largest absolute Gasteiger partial charge is 0.359 e. The van der Waals surface area contributed by atoms with E-state index in [2.05, 4.69) is 15.2 Å². The summed E-state index contributed by atoms with van der Waals surface area (Å²) in [5.41, 5.74) is 0.736. The van der Waals surface area contributed by atoms with Gasteiger partial charge in [-0.1, -0.05) is 0 Å². The minimum atomic E-state index is -0.392. The molecule has 1 N–H and O–H groups in total. The lowest BCUT2D eigenvalue weighted by Gasteiger charge is -2.28. The summed E-state index contributed by atoms with van der Waals surface area (Å²) in [6, 6.07) is 1.79. The van der Waals surface area contributed by atoms with Gasteiger partial charge in [0.05, 0.1) is 4.92 Å². The molecule has 104 valence electrons. The minimum Gasteiger partial charge on any atom is -0.359 e. The van der Waals surface area contributed by atoms with Crippen molar-refractivity contribution in [1.82, 2.24) is 10.3 Å². The molecule has 1 aliphatic heterocycles. The number of aromatic nitrogens is 1. The van der Waals surface area contributed by atoms with Crippen LogP contribution >= 0.6 is 0 Å². The predicted molar refractivity (Wildman–Crippen MR) is 74.5 cm³/mol. The summed E-state index contributed by atoms with van der Waals surface area (Å²) >= 11 is 0. The fraction of sp³-hybridized carbons (Fsp3) is 0.615. The fourth-order valence-electron chi connectivity index (χ4n) is 2.49. The van der Waals surface area contributed by atoms with Crippen molar-refractivity contribution in [3.05, 3.63) is 27.9 Å². The second-order valence-corrected chi connectivity index (χ2v) is 5.18. The van der Waals surface area contributed by atoms with Crippen molar-refractivity contribution in [2.24, 2.45) is 5.92 Å². The van der Waals surface area contributed by atoms with Crippen LogP contribution in [0, 0.1) is 23.0 Å². The Labute approximate surface area is 113 Å². The molecule has 6 heteroatoms. The Morgan fingerprint density at radius 1 is 1.63 bits per heavy atom. The van der Waals surface area contributed by atoms with Crippen LogP contribution in [0.1, 0.15) is 18.4 Å². The molecule has 1 aromatic heterocycles. The SMILES string of the molecule is Cc1cc(N(C)CC2CCCNC2)ncc1[N+](=O)[O-]. The van der Waals surface area contributed by atoms with E-state index in [0.29, 0.717) is 11.5 Å². The lowest BCUT2D eigenvalue weighted by Crippen LogP contribution is -2.37.